The zero-order valence-electron chi connectivity index (χ0n) is 7.05. The van der Waals surface area contributed by atoms with Crippen molar-refractivity contribution in [3.63, 3.8) is 0 Å². The standard InChI is InChI=1S/C7H10N.ClHO4/c1-2-8-6-4-3-5-7-8;2-1(3,4)5/h3-7H,2H2,1H3;(H,2,3,4,5)/q+1;/p-1. The molecule has 0 aliphatic carbocycles. The number of hydrogen-bond donors (Lipinski definition) is 0. The Morgan fingerprint density at radius 1 is 1.00 bits per heavy atom. The Hall–Kier alpha value is -0.720. The number of aryl methyl sites for hydroxylation is 1. The molecule has 6 heteroatoms. The molecule has 0 atom stereocenters. The Kier molecular flexibility index (Phi) is 5.52. The van der Waals surface area contributed by atoms with Crippen LogP contribution in [0.2, 0.25) is 0 Å². The summed E-state index contributed by atoms with van der Waals surface area (Å²) in [6, 6.07) is 6.08. The summed E-state index contributed by atoms with van der Waals surface area (Å²) in [4.78, 5) is 0. The Morgan fingerprint density at radius 3 is 1.62 bits per heavy atom. The Labute approximate surface area is 78.2 Å². The van der Waals surface area contributed by atoms with Crippen LogP contribution in [-0.2, 0) is 6.54 Å². The molecule has 5 nitrogen and oxygen atoms in total. The molecule has 0 spiro atoms. The second kappa shape index (κ2) is 5.85. The van der Waals surface area contributed by atoms with Gasteiger partial charge in [-0.2, -0.15) is 0 Å². The molecule has 0 aliphatic rings. The summed E-state index contributed by atoms with van der Waals surface area (Å²) in [5, 5.41) is 0. The maximum atomic E-state index is 8.49. The van der Waals surface area contributed by atoms with E-state index >= 15 is 0 Å². The molecule has 13 heavy (non-hydrogen) atoms. The normalized spacial score (nSPS) is 10.2. The summed E-state index contributed by atoms with van der Waals surface area (Å²) in [6.07, 6.45) is 4.11. The second-order valence-corrected chi connectivity index (χ2v) is 2.84. The summed E-state index contributed by atoms with van der Waals surface area (Å²) >= 11 is 0. The smallest absolute Gasteiger partial charge is 0.168 e. The van der Waals surface area contributed by atoms with Crippen LogP contribution in [0.4, 0.5) is 0 Å². The number of hydrogen-bond acceptors (Lipinski definition) is 4. The van der Waals surface area contributed by atoms with Gasteiger partial charge in [0.25, 0.3) is 0 Å². The second-order valence-electron chi connectivity index (χ2n) is 2.08. The van der Waals surface area contributed by atoms with Crippen LogP contribution in [-0.4, -0.2) is 0 Å². The van der Waals surface area contributed by atoms with Crippen molar-refractivity contribution in [2.75, 3.05) is 0 Å². The molecule has 74 valence electrons. The molecule has 1 aromatic rings. The van der Waals surface area contributed by atoms with Crippen molar-refractivity contribution in [3.05, 3.63) is 30.6 Å². The quantitative estimate of drug-likeness (QED) is 0.442. The van der Waals surface area contributed by atoms with Gasteiger partial charge in [0.05, 0.1) is 0 Å². The highest BCUT2D eigenvalue weighted by atomic mass is 35.7. The summed E-state index contributed by atoms with van der Waals surface area (Å²) < 4.78 is 36.1. The van der Waals surface area contributed by atoms with Gasteiger partial charge in [0, 0.05) is 12.1 Å². The fourth-order valence-electron chi connectivity index (χ4n) is 0.645. The van der Waals surface area contributed by atoms with Crippen molar-refractivity contribution >= 4 is 0 Å². The van der Waals surface area contributed by atoms with Crippen molar-refractivity contribution < 1.29 is 33.4 Å². The highest BCUT2D eigenvalue weighted by Crippen LogP contribution is 1.74. The monoisotopic (exact) mass is 207 g/mol. The molecule has 0 amide bonds. The minimum Gasteiger partial charge on any atom is -0.222 e. The molecule has 1 rings (SSSR count). The third-order valence-corrected chi connectivity index (χ3v) is 1.14. The van der Waals surface area contributed by atoms with Crippen LogP contribution in [0, 0.1) is 10.2 Å². The van der Waals surface area contributed by atoms with Crippen molar-refractivity contribution in [2.24, 2.45) is 0 Å². The van der Waals surface area contributed by atoms with Crippen LogP contribution in [0.5, 0.6) is 0 Å². The number of nitrogens with zero attached hydrogens (tertiary/aromatic N) is 1. The summed E-state index contributed by atoms with van der Waals surface area (Å²) in [7, 11) is -4.94. The van der Waals surface area contributed by atoms with Crippen LogP contribution < -0.4 is 23.2 Å². The van der Waals surface area contributed by atoms with Gasteiger partial charge in [-0.15, -0.1) is 10.2 Å². The molecule has 0 unspecified atom stereocenters. The third kappa shape index (κ3) is 11.3. The third-order valence-electron chi connectivity index (χ3n) is 1.14. The first-order valence-corrected chi connectivity index (χ1v) is 4.72. The SMILES string of the molecule is CC[n+]1ccccc1.[O-][Cl+3]([O-])([O-])[O-]. The largest absolute Gasteiger partial charge is 0.222 e. The van der Waals surface area contributed by atoms with E-state index in [1.54, 1.807) is 0 Å². The molecule has 0 radical (unpaired) electrons. The van der Waals surface area contributed by atoms with Crippen molar-refractivity contribution in [1.29, 1.82) is 0 Å². The molecular weight excluding hydrogens is 198 g/mol. The van der Waals surface area contributed by atoms with Gasteiger partial charge >= 0.3 is 0 Å². The van der Waals surface area contributed by atoms with Crippen LogP contribution in [0.3, 0.4) is 0 Å². The lowest BCUT2D eigenvalue weighted by atomic mass is 10.5. The van der Waals surface area contributed by atoms with Gasteiger partial charge in [0.1, 0.15) is 6.54 Å². The van der Waals surface area contributed by atoms with Crippen LogP contribution in [0.15, 0.2) is 30.6 Å². The molecular formula is C7H10ClNO4. The first-order chi connectivity index (χ1) is 5.93. The average Bonchev–Trinajstić information content (AvgIpc) is 2.03. The van der Waals surface area contributed by atoms with Gasteiger partial charge in [0.15, 0.2) is 12.4 Å². The van der Waals surface area contributed by atoms with E-state index in [4.69, 9.17) is 18.6 Å². The minimum absolute atomic E-state index is 1.06. The van der Waals surface area contributed by atoms with Crippen LogP contribution >= 0.6 is 0 Å². The molecule has 0 aromatic carbocycles. The Balaban J connectivity index is 0.000000252. The van der Waals surface area contributed by atoms with E-state index in [0.29, 0.717) is 0 Å². The number of aromatic nitrogens is 1. The summed E-state index contributed by atoms with van der Waals surface area (Å²) in [5.41, 5.74) is 0. The van der Waals surface area contributed by atoms with E-state index in [1.807, 2.05) is 18.2 Å². The van der Waals surface area contributed by atoms with Crippen LogP contribution in [0.25, 0.3) is 0 Å². The lowest BCUT2D eigenvalue weighted by Crippen LogP contribution is -2.68. The van der Waals surface area contributed by atoms with E-state index in [-0.39, 0.29) is 0 Å². The highest BCUT2D eigenvalue weighted by Gasteiger charge is 1.86. The maximum absolute atomic E-state index is 8.49. The average molecular weight is 208 g/mol. The topological polar surface area (TPSA) is 96.1 Å². The molecule has 0 N–H and O–H groups in total. The number of pyridine rings is 1. The lowest BCUT2D eigenvalue weighted by molar-refractivity contribution is -2.00. The minimum atomic E-state index is -4.94. The first-order valence-electron chi connectivity index (χ1n) is 3.49. The molecule has 1 aromatic heterocycles. The molecule has 0 aliphatic heterocycles. The summed E-state index contributed by atoms with van der Waals surface area (Å²) in [5.74, 6) is 0. The van der Waals surface area contributed by atoms with E-state index in [1.165, 1.54) is 0 Å². The van der Waals surface area contributed by atoms with E-state index in [2.05, 4.69) is 23.9 Å². The van der Waals surface area contributed by atoms with E-state index in [0.717, 1.165) is 6.54 Å². The fourth-order valence-corrected chi connectivity index (χ4v) is 0.645. The van der Waals surface area contributed by atoms with Gasteiger partial charge in [-0.1, -0.05) is 6.07 Å². The molecule has 0 saturated heterocycles. The molecule has 0 saturated carbocycles. The predicted octanol–water partition coefficient (Wildman–Crippen LogP) is -3.76. The first kappa shape index (κ1) is 12.3. The van der Waals surface area contributed by atoms with E-state index in [9.17, 15) is 0 Å². The van der Waals surface area contributed by atoms with Crippen molar-refractivity contribution in [2.45, 2.75) is 13.5 Å². The zero-order valence-corrected chi connectivity index (χ0v) is 7.81. The lowest BCUT2D eigenvalue weighted by Gasteiger charge is -2.17. The van der Waals surface area contributed by atoms with Gasteiger partial charge in [-0.3, -0.25) is 0 Å². The molecule has 0 bridgehead atoms. The summed E-state index contributed by atoms with van der Waals surface area (Å²) in [6.45, 7) is 3.18. The van der Waals surface area contributed by atoms with Crippen molar-refractivity contribution in [3.8, 4) is 0 Å². The number of halogens is 1. The Morgan fingerprint density at radius 2 is 1.38 bits per heavy atom. The Bertz CT molecular complexity index is 218. The highest BCUT2D eigenvalue weighted by molar-refractivity contribution is 4.83. The number of rotatable bonds is 1. The predicted molar refractivity (Wildman–Crippen MR) is 32.3 cm³/mol. The van der Waals surface area contributed by atoms with Gasteiger partial charge < -0.3 is 0 Å². The van der Waals surface area contributed by atoms with Gasteiger partial charge in [0.2, 0.25) is 0 Å². The maximum Gasteiger partial charge on any atom is 0.168 e. The zero-order chi connectivity index (χ0) is 10.3. The van der Waals surface area contributed by atoms with Gasteiger partial charge in [-0.25, -0.2) is 23.2 Å². The van der Waals surface area contributed by atoms with Crippen LogP contribution in [0.1, 0.15) is 6.92 Å². The molecule has 0 fully saturated rings. The van der Waals surface area contributed by atoms with Gasteiger partial charge in [-0.05, 0) is 6.92 Å². The van der Waals surface area contributed by atoms with E-state index < -0.39 is 10.2 Å². The molecule has 1 heterocycles. The van der Waals surface area contributed by atoms with Crippen molar-refractivity contribution in [1.82, 2.24) is 0 Å². The fraction of sp³-hybridized carbons (Fsp3) is 0.286.